The van der Waals surface area contributed by atoms with Crippen molar-refractivity contribution in [2.45, 2.75) is 31.6 Å². The molecule has 1 atom stereocenters. The average molecular weight is 333 g/mol. The van der Waals surface area contributed by atoms with E-state index in [4.69, 9.17) is 5.73 Å². The zero-order chi connectivity index (χ0) is 17.1. The van der Waals surface area contributed by atoms with Gasteiger partial charge in [0.05, 0.1) is 12.5 Å². The smallest absolute Gasteiger partial charge is 0.236 e. The van der Waals surface area contributed by atoms with Crippen molar-refractivity contribution in [3.05, 3.63) is 18.0 Å². The van der Waals surface area contributed by atoms with Gasteiger partial charge in [-0.2, -0.15) is 5.10 Å². The van der Waals surface area contributed by atoms with E-state index in [-0.39, 0.29) is 17.7 Å². The zero-order valence-corrected chi connectivity index (χ0v) is 14.4. The molecule has 7 heteroatoms. The molecule has 0 saturated carbocycles. The van der Waals surface area contributed by atoms with Gasteiger partial charge in [0, 0.05) is 37.9 Å². The standard InChI is InChI=1S/C17H27N5O2/c1-20-15(4-7-19-20)13-5-9-21(10-6-13)12-16(23)22-8-2-3-14(11-22)17(18)24/h4,7,13-14H,2-3,5-6,8-12H2,1H3,(H2,18,24). The molecule has 132 valence electrons. The van der Waals surface area contributed by atoms with Crippen molar-refractivity contribution in [1.29, 1.82) is 0 Å². The van der Waals surface area contributed by atoms with Crippen molar-refractivity contribution in [3.63, 3.8) is 0 Å². The van der Waals surface area contributed by atoms with Gasteiger partial charge >= 0.3 is 0 Å². The number of hydrogen-bond acceptors (Lipinski definition) is 4. The van der Waals surface area contributed by atoms with Gasteiger partial charge in [0.25, 0.3) is 0 Å². The number of hydrogen-bond donors (Lipinski definition) is 1. The lowest BCUT2D eigenvalue weighted by molar-refractivity contribution is -0.136. The van der Waals surface area contributed by atoms with Crippen molar-refractivity contribution in [3.8, 4) is 0 Å². The predicted molar refractivity (Wildman–Crippen MR) is 90.1 cm³/mol. The quantitative estimate of drug-likeness (QED) is 0.860. The first kappa shape index (κ1) is 17.0. The van der Waals surface area contributed by atoms with Crippen LogP contribution in [-0.4, -0.2) is 64.1 Å². The van der Waals surface area contributed by atoms with E-state index in [0.717, 1.165) is 45.3 Å². The minimum absolute atomic E-state index is 0.125. The van der Waals surface area contributed by atoms with Crippen molar-refractivity contribution in [2.75, 3.05) is 32.7 Å². The fourth-order valence-corrected chi connectivity index (χ4v) is 3.90. The number of primary amides is 1. The van der Waals surface area contributed by atoms with Crippen LogP contribution < -0.4 is 5.73 Å². The summed E-state index contributed by atoms with van der Waals surface area (Å²) >= 11 is 0. The number of rotatable bonds is 4. The fourth-order valence-electron chi connectivity index (χ4n) is 3.90. The van der Waals surface area contributed by atoms with Crippen LogP contribution >= 0.6 is 0 Å². The largest absolute Gasteiger partial charge is 0.369 e. The van der Waals surface area contributed by atoms with Gasteiger partial charge < -0.3 is 10.6 Å². The van der Waals surface area contributed by atoms with E-state index >= 15 is 0 Å². The van der Waals surface area contributed by atoms with Crippen molar-refractivity contribution >= 4 is 11.8 Å². The minimum atomic E-state index is -0.288. The molecule has 24 heavy (non-hydrogen) atoms. The molecule has 2 N–H and O–H groups in total. The number of carbonyl (C=O) groups excluding carboxylic acids is 2. The molecule has 0 radical (unpaired) electrons. The van der Waals surface area contributed by atoms with E-state index in [9.17, 15) is 9.59 Å². The van der Waals surface area contributed by atoms with Crippen LogP contribution in [0.2, 0.25) is 0 Å². The summed E-state index contributed by atoms with van der Waals surface area (Å²) in [4.78, 5) is 27.9. The first-order valence-corrected chi connectivity index (χ1v) is 8.82. The second kappa shape index (κ2) is 7.34. The maximum atomic E-state index is 12.5. The van der Waals surface area contributed by atoms with Crippen LogP contribution in [0, 0.1) is 5.92 Å². The molecule has 2 aliphatic rings. The minimum Gasteiger partial charge on any atom is -0.369 e. The molecular formula is C17H27N5O2. The number of nitrogens with zero attached hydrogens (tertiary/aromatic N) is 4. The third-order valence-electron chi connectivity index (χ3n) is 5.40. The molecule has 2 amide bonds. The summed E-state index contributed by atoms with van der Waals surface area (Å²) in [7, 11) is 1.98. The summed E-state index contributed by atoms with van der Waals surface area (Å²) < 4.78 is 1.95. The van der Waals surface area contributed by atoms with Gasteiger partial charge in [0.2, 0.25) is 11.8 Å². The van der Waals surface area contributed by atoms with Gasteiger partial charge in [-0.3, -0.25) is 19.2 Å². The third kappa shape index (κ3) is 3.77. The molecule has 7 nitrogen and oxygen atoms in total. The Kier molecular flexibility index (Phi) is 5.18. The van der Waals surface area contributed by atoms with E-state index in [0.29, 0.717) is 19.0 Å². The number of likely N-dealkylation sites (tertiary alicyclic amines) is 2. The molecule has 2 saturated heterocycles. The van der Waals surface area contributed by atoms with E-state index in [1.807, 2.05) is 22.8 Å². The summed E-state index contributed by atoms with van der Waals surface area (Å²) in [5, 5.41) is 4.25. The lowest BCUT2D eigenvalue weighted by Crippen LogP contribution is -2.48. The molecule has 1 unspecified atom stereocenters. The first-order valence-electron chi connectivity index (χ1n) is 8.82. The number of aryl methyl sites for hydroxylation is 1. The number of amides is 2. The van der Waals surface area contributed by atoms with Crippen LogP contribution in [0.15, 0.2) is 12.3 Å². The molecule has 0 spiro atoms. The predicted octanol–water partition coefficient (Wildman–Crippen LogP) is 0.323. The molecule has 1 aromatic rings. The molecule has 0 aromatic carbocycles. The maximum absolute atomic E-state index is 12.5. The molecule has 0 aliphatic carbocycles. The summed E-state index contributed by atoms with van der Waals surface area (Å²) in [6.45, 7) is 3.53. The van der Waals surface area contributed by atoms with Crippen molar-refractivity contribution in [2.24, 2.45) is 18.7 Å². The summed E-state index contributed by atoms with van der Waals surface area (Å²) in [6.07, 6.45) is 5.61. The fraction of sp³-hybridized carbons (Fsp3) is 0.706. The monoisotopic (exact) mass is 333 g/mol. The van der Waals surface area contributed by atoms with Crippen LogP contribution in [-0.2, 0) is 16.6 Å². The van der Waals surface area contributed by atoms with E-state index in [1.54, 1.807) is 0 Å². The van der Waals surface area contributed by atoms with Gasteiger partial charge in [-0.25, -0.2) is 0 Å². The van der Waals surface area contributed by atoms with Gasteiger partial charge in [-0.1, -0.05) is 0 Å². The first-order chi connectivity index (χ1) is 11.5. The molecule has 0 bridgehead atoms. The summed E-state index contributed by atoms with van der Waals surface area (Å²) in [5.41, 5.74) is 6.67. The van der Waals surface area contributed by atoms with E-state index in [1.165, 1.54) is 5.69 Å². The second-order valence-corrected chi connectivity index (χ2v) is 7.01. The summed E-state index contributed by atoms with van der Waals surface area (Å²) in [5.74, 6) is 0.181. The highest BCUT2D eigenvalue weighted by molar-refractivity contribution is 5.81. The molecule has 1 aromatic heterocycles. The molecule has 2 aliphatic heterocycles. The lowest BCUT2D eigenvalue weighted by atomic mass is 9.93. The molecule has 2 fully saturated rings. The van der Waals surface area contributed by atoms with Crippen LogP contribution in [0.5, 0.6) is 0 Å². The zero-order valence-electron chi connectivity index (χ0n) is 14.4. The van der Waals surface area contributed by atoms with E-state index in [2.05, 4.69) is 16.1 Å². The van der Waals surface area contributed by atoms with Crippen LogP contribution in [0.25, 0.3) is 0 Å². The Bertz CT molecular complexity index is 592. The van der Waals surface area contributed by atoms with Crippen LogP contribution in [0.4, 0.5) is 0 Å². The Morgan fingerprint density at radius 3 is 2.62 bits per heavy atom. The highest BCUT2D eigenvalue weighted by Crippen LogP contribution is 2.27. The van der Waals surface area contributed by atoms with Crippen molar-refractivity contribution in [1.82, 2.24) is 19.6 Å². The number of aromatic nitrogens is 2. The van der Waals surface area contributed by atoms with E-state index < -0.39 is 0 Å². The van der Waals surface area contributed by atoms with Gasteiger partial charge in [-0.15, -0.1) is 0 Å². The number of nitrogens with two attached hydrogens (primary N) is 1. The second-order valence-electron chi connectivity index (χ2n) is 7.01. The Morgan fingerprint density at radius 1 is 1.25 bits per heavy atom. The van der Waals surface area contributed by atoms with Crippen molar-refractivity contribution < 1.29 is 9.59 Å². The van der Waals surface area contributed by atoms with Gasteiger partial charge in [0.1, 0.15) is 0 Å². The molecule has 3 heterocycles. The Morgan fingerprint density at radius 2 is 2.00 bits per heavy atom. The Labute approximate surface area is 142 Å². The maximum Gasteiger partial charge on any atom is 0.236 e. The highest BCUT2D eigenvalue weighted by Gasteiger charge is 2.29. The topological polar surface area (TPSA) is 84.5 Å². The molecule has 3 rings (SSSR count). The van der Waals surface area contributed by atoms with Gasteiger partial charge in [0.15, 0.2) is 0 Å². The Hall–Kier alpha value is -1.89. The normalized spacial score (nSPS) is 23.4. The third-order valence-corrected chi connectivity index (χ3v) is 5.40. The average Bonchev–Trinajstić information content (AvgIpc) is 3.01. The van der Waals surface area contributed by atoms with Gasteiger partial charge in [-0.05, 0) is 44.8 Å². The number of piperidine rings is 2. The Balaban J connectivity index is 1.48. The highest BCUT2D eigenvalue weighted by atomic mass is 16.2. The SMILES string of the molecule is Cn1nccc1C1CCN(CC(=O)N2CCCC(C(N)=O)C2)CC1. The number of carbonyl (C=O) groups is 2. The van der Waals surface area contributed by atoms with Crippen LogP contribution in [0.3, 0.4) is 0 Å². The lowest BCUT2D eigenvalue weighted by Gasteiger charge is -2.35. The summed E-state index contributed by atoms with van der Waals surface area (Å²) in [6, 6.07) is 2.09. The van der Waals surface area contributed by atoms with Crippen LogP contribution in [0.1, 0.15) is 37.3 Å². The molecular weight excluding hydrogens is 306 g/mol.